The van der Waals surface area contributed by atoms with Crippen molar-refractivity contribution in [1.82, 2.24) is 20.1 Å². The number of nitrogens with zero attached hydrogens (tertiary/aromatic N) is 4. The molecule has 1 saturated heterocycles. The number of hydrogen-bond donors (Lipinski definition) is 0. The van der Waals surface area contributed by atoms with Crippen molar-refractivity contribution in [2.75, 3.05) is 6.54 Å². The molecule has 0 unspecified atom stereocenters. The van der Waals surface area contributed by atoms with Crippen molar-refractivity contribution in [1.29, 1.82) is 0 Å². The molecular weight excluding hydrogens is 439 g/mol. The number of benzene rings is 2. The van der Waals surface area contributed by atoms with Crippen LogP contribution in [0, 0.1) is 12.7 Å². The summed E-state index contributed by atoms with van der Waals surface area (Å²) in [6, 6.07) is 15.9. The number of carbonyl (C=O) groups is 1. The first-order chi connectivity index (χ1) is 16.1. The Morgan fingerprint density at radius 3 is 2.76 bits per heavy atom. The van der Waals surface area contributed by atoms with E-state index in [4.69, 9.17) is 4.42 Å². The van der Waals surface area contributed by atoms with Crippen molar-refractivity contribution >= 4 is 23.3 Å². The summed E-state index contributed by atoms with van der Waals surface area (Å²) >= 11 is 1.33. The molecule has 0 bridgehead atoms. The van der Waals surface area contributed by atoms with Crippen molar-refractivity contribution in [2.24, 2.45) is 0 Å². The fourth-order valence-electron chi connectivity index (χ4n) is 3.97. The molecule has 33 heavy (non-hydrogen) atoms. The molecule has 0 saturated carbocycles. The smallest absolute Gasteiger partial charge is 0.274 e. The molecule has 2 aromatic heterocycles. The van der Waals surface area contributed by atoms with Gasteiger partial charge in [0.2, 0.25) is 11.8 Å². The van der Waals surface area contributed by atoms with E-state index >= 15 is 0 Å². The second kappa shape index (κ2) is 9.07. The monoisotopic (exact) mass is 460 g/mol. The molecule has 0 radical (unpaired) electrons. The summed E-state index contributed by atoms with van der Waals surface area (Å²) in [5, 5.41) is 8.91. The lowest BCUT2D eigenvalue weighted by Crippen LogP contribution is -2.34. The summed E-state index contributed by atoms with van der Waals surface area (Å²) in [5.74, 6) is 0.269. The van der Waals surface area contributed by atoms with E-state index in [1.807, 2.05) is 43.3 Å². The van der Waals surface area contributed by atoms with Gasteiger partial charge in [-0.2, -0.15) is 0 Å². The molecule has 4 aromatic rings. The van der Waals surface area contributed by atoms with Gasteiger partial charge in [-0.05, 0) is 38.0 Å². The van der Waals surface area contributed by atoms with Gasteiger partial charge in [0.25, 0.3) is 5.91 Å². The van der Waals surface area contributed by atoms with Gasteiger partial charge in [-0.15, -0.1) is 21.5 Å². The van der Waals surface area contributed by atoms with Crippen LogP contribution in [-0.4, -0.2) is 38.6 Å². The summed E-state index contributed by atoms with van der Waals surface area (Å²) in [6.45, 7) is 2.44. The minimum Gasteiger partial charge on any atom is -0.417 e. The number of likely N-dealkylation sites (tertiary alicyclic amines) is 1. The maximum Gasteiger partial charge on any atom is 0.274 e. The van der Waals surface area contributed by atoms with Crippen LogP contribution in [0.2, 0.25) is 0 Å². The highest BCUT2D eigenvalue weighted by Gasteiger charge is 2.31. The standard InChI is InChI=1S/C25H21FN4O2S/c1-16-27-22(23(33-16)19-11-5-6-12-20(19)26)25(31)30-15-7-10-18(30)13-14-21-28-29-24(32-21)17-8-3-2-4-9-17/h2-6,8-9,11-14,18H,7,10,15H2,1H3/t18-/m0/s1. The van der Waals surface area contributed by atoms with Crippen LogP contribution in [0.15, 0.2) is 65.1 Å². The predicted molar refractivity (Wildman–Crippen MR) is 125 cm³/mol. The fraction of sp³-hybridized carbons (Fsp3) is 0.200. The van der Waals surface area contributed by atoms with Crippen molar-refractivity contribution in [3.63, 3.8) is 0 Å². The average molecular weight is 461 g/mol. The van der Waals surface area contributed by atoms with Gasteiger partial charge in [-0.25, -0.2) is 9.37 Å². The van der Waals surface area contributed by atoms with Gasteiger partial charge in [0.1, 0.15) is 11.5 Å². The lowest BCUT2D eigenvalue weighted by Gasteiger charge is -2.21. The number of hydrogen-bond acceptors (Lipinski definition) is 6. The number of aromatic nitrogens is 3. The highest BCUT2D eigenvalue weighted by atomic mass is 32.1. The molecule has 1 aliphatic heterocycles. The van der Waals surface area contributed by atoms with E-state index in [2.05, 4.69) is 15.2 Å². The zero-order valence-electron chi connectivity index (χ0n) is 17.9. The molecule has 8 heteroatoms. The molecule has 0 spiro atoms. The first kappa shape index (κ1) is 21.2. The molecule has 166 valence electrons. The lowest BCUT2D eigenvalue weighted by atomic mass is 10.1. The quantitative estimate of drug-likeness (QED) is 0.386. The van der Waals surface area contributed by atoms with Gasteiger partial charge in [-0.1, -0.05) is 42.5 Å². The summed E-state index contributed by atoms with van der Waals surface area (Å²) in [7, 11) is 0. The molecular formula is C25H21FN4O2S. The minimum absolute atomic E-state index is 0.125. The van der Waals surface area contributed by atoms with Gasteiger partial charge in [-0.3, -0.25) is 4.79 Å². The zero-order valence-corrected chi connectivity index (χ0v) is 18.8. The van der Waals surface area contributed by atoms with Crippen LogP contribution in [-0.2, 0) is 0 Å². The van der Waals surface area contributed by atoms with E-state index < -0.39 is 0 Å². The third-order valence-corrected chi connectivity index (χ3v) is 6.54. The Labute approximate surface area is 194 Å². The highest BCUT2D eigenvalue weighted by molar-refractivity contribution is 7.15. The van der Waals surface area contributed by atoms with E-state index in [0.29, 0.717) is 34.5 Å². The van der Waals surface area contributed by atoms with E-state index in [0.717, 1.165) is 23.4 Å². The predicted octanol–water partition coefficient (Wildman–Crippen LogP) is 5.63. The minimum atomic E-state index is -0.362. The Balaban J connectivity index is 1.37. The van der Waals surface area contributed by atoms with Gasteiger partial charge in [0.15, 0.2) is 0 Å². The van der Waals surface area contributed by atoms with Gasteiger partial charge >= 0.3 is 0 Å². The number of amides is 1. The maximum atomic E-state index is 14.4. The van der Waals surface area contributed by atoms with Crippen LogP contribution in [0.25, 0.3) is 28.0 Å². The normalized spacial score (nSPS) is 16.1. The second-order valence-electron chi connectivity index (χ2n) is 7.77. The summed E-state index contributed by atoms with van der Waals surface area (Å²) < 4.78 is 20.2. The number of carbonyl (C=O) groups excluding carboxylic acids is 1. The number of thiazole rings is 1. The van der Waals surface area contributed by atoms with Crippen LogP contribution in [0.5, 0.6) is 0 Å². The average Bonchev–Trinajstić information content (AvgIpc) is 3.58. The molecule has 0 aliphatic carbocycles. The first-order valence-electron chi connectivity index (χ1n) is 10.7. The third kappa shape index (κ3) is 4.34. The van der Waals surface area contributed by atoms with E-state index in [1.165, 1.54) is 17.4 Å². The molecule has 5 rings (SSSR count). The topological polar surface area (TPSA) is 72.1 Å². The van der Waals surface area contributed by atoms with E-state index in [9.17, 15) is 9.18 Å². The zero-order chi connectivity index (χ0) is 22.8. The number of aryl methyl sites for hydroxylation is 1. The Bertz CT molecular complexity index is 1310. The van der Waals surface area contributed by atoms with Gasteiger partial charge < -0.3 is 9.32 Å². The van der Waals surface area contributed by atoms with Crippen LogP contribution < -0.4 is 0 Å². The summed E-state index contributed by atoms with van der Waals surface area (Å²) in [5.41, 5.74) is 1.55. The Hall–Kier alpha value is -3.65. The van der Waals surface area contributed by atoms with Crippen LogP contribution >= 0.6 is 11.3 Å². The molecule has 1 fully saturated rings. The summed E-state index contributed by atoms with van der Waals surface area (Å²) in [4.78, 5) is 20.2. The Morgan fingerprint density at radius 1 is 1.15 bits per heavy atom. The van der Waals surface area contributed by atoms with Crippen molar-refractivity contribution in [3.8, 4) is 21.9 Å². The van der Waals surface area contributed by atoms with Crippen LogP contribution in [0.1, 0.15) is 34.2 Å². The van der Waals surface area contributed by atoms with Crippen molar-refractivity contribution in [3.05, 3.63) is 83.1 Å². The largest absolute Gasteiger partial charge is 0.417 e. The van der Waals surface area contributed by atoms with E-state index in [-0.39, 0.29) is 17.8 Å². The fourth-order valence-corrected chi connectivity index (χ4v) is 4.91. The van der Waals surface area contributed by atoms with Crippen LogP contribution in [0.3, 0.4) is 0 Å². The molecule has 0 N–H and O–H groups in total. The Morgan fingerprint density at radius 2 is 1.94 bits per heavy atom. The van der Waals surface area contributed by atoms with Crippen molar-refractivity contribution in [2.45, 2.75) is 25.8 Å². The lowest BCUT2D eigenvalue weighted by molar-refractivity contribution is 0.0757. The second-order valence-corrected chi connectivity index (χ2v) is 8.97. The number of halogens is 1. The van der Waals surface area contributed by atoms with Crippen LogP contribution in [0.4, 0.5) is 4.39 Å². The van der Waals surface area contributed by atoms with Crippen molar-refractivity contribution < 1.29 is 13.6 Å². The third-order valence-electron chi connectivity index (χ3n) is 5.54. The Kier molecular flexibility index (Phi) is 5.83. The highest BCUT2D eigenvalue weighted by Crippen LogP contribution is 2.34. The molecule has 3 heterocycles. The summed E-state index contributed by atoms with van der Waals surface area (Å²) in [6.07, 6.45) is 5.35. The van der Waals surface area contributed by atoms with Gasteiger partial charge in [0.05, 0.1) is 15.9 Å². The number of rotatable bonds is 5. The first-order valence-corrected chi connectivity index (χ1v) is 11.5. The molecule has 2 aromatic carbocycles. The van der Waals surface area contributed by atoms with Gasteiger partial charge in [0, 0.05) is 23.7 Å². The molecule has 1 amide bonds. The van der Waals surface area contributed by atoms with E-state index in [1.54, 1.807) is 29.2 Å². The molecule has 1 aliphatic rings. The molecule has 6 nitrogen and oxygen atoms in total. The maximum absolute atomic E-state index is 14.4. The molecule has 1 atom stereocenters. The SMILES string of the molecule is Cc1nc(C(=O)N2CCC[C@H]2C=Cc2nnc(-c3ccccc3)o2)c(-c2ccccc2F)s1.